The zero-order chi connectivity index (χ0) is 23.3. The minimum absolute atomic E-state index is 0.0803. The van der Waals surface area contributed by atoms with Crippen molar-refractivity contribution in [2.24, 2.45) is 0 Å². The van der Waals surface area contributed by atoms with E-state index in [4.69, 9.17) is 15.2 Å². The van der Waals surface area contributed by atoms with Crippen molar-refractivity contribution >= 4 is 23.2 Å². The van der Waals surface area contributed by atoms with Crippen LogP contribution in [0.15, 0.2) is 27.8 Å². The summed E-state index contributed by atoms with van der Waals surface area (Å²) in [5, 5.41) is 2.76. The topological polar surface area (TPSA) is 149 Å². The molecule has 0 atom stereocenters. The Kier molecular flexibility index (Phi) is 7.31. The normalized spacial score (nSPS) is 12.6. The van der Waals surface area contributed by atoms with Gasteiger partial charge in [0.2, 0.25) is 5.91 Å². The van der Waals surface area contributed by atoms with E-state index in [-0.39, 0.29) is 36.9 Å². The number of nitrogens with two attached hydrogens (primary N) is 1. The Labute approximate surface area is 184 Å². The third-order valence-corrected chi connectivity index (χ3v) is 4.97. The number of fused-ring (bicyclic) bond motifs is 1. The lowest BCUT2D eigenvalue weighted by atomic mass is 10.1. The third kappa shape index (κ3) is 5.17. The van der Waals surface area contributed by atoms with Crippen molar-refractivity contribution in [1.29, 1.82) is 0 Å². The second-order valence-electron chi connectivity index (χ2n) is 7.30. The molecule has 1 aromatic heterocycles. The summed E-state index contributed by atoms with van der Waals surface area (Å²) in [5.41, 5.74) is 4.73. The number of H-pyrrole nitrogens is 1. The number of benzene rings is 1. The average molecular weight is 445 g/mol. The van der Waals surface area contributed by atoms with Gasteiger partial charge < -0.3 is 20.5 Å². The Balaban J connectivity index is 1.68. The van der Waals surface area contributed by atoms with Crippen LogP contribution < -0.4 is 31.8 Å². The Morgan fingerprint density at radius 1 is 1.16 bits per heavy atom. The SMILES string of the molecule is CCCn1c(N)c(C(=O)CN(CC)CC(=O)Nc2ccc3c(c2)OCCO3)c(=O)[nH]c1=O. The standard InChI is InChI=1S/C21H27N5O6/c1-3-7-26-19(22)18(20(29)24-21(26)30)14(27)11-25(4-2)12-17(28)23-13-5-6-15-16(10-13)32-9-8-31-15/h5-6,10H,3-4,7-9,11-12,22H2,1-2H3,(H,23,28)(H,24,29,30). The molecule has 4 N–H and O–H groups in total. The average Bonchev–Trinajstić information content (AvgIpc) is 2.75. The smallest absolute Gasteiger partial charge is 0.329 e. The summed E-state index contributed by atoms with van der Waals surface area (Å²) in [6.45, 7) is 4.91. The maximum Gasteiger partial charge on any atom is 0.329 e. The van der Waals surface area contributed by atoms with Crippen molar-refractivity contribution in [1.82, 2.24) is 14.5 Å². The number of hydrogen-bond acceptors (Lipinski definition) is 8. The van der Waals surface area contributed by atoms with E-state index in [2.05, 4.69) is 10.3 Å². The highest BCUT2D eigenvalue weighted by Crippen LogP contribution is 2.32. The first-order valence-corrected chi connectivity index (χ1v) is 10.4. The summed E-state index contributed by atoms with van der Waals surface area (Å²) in [6.07, 6.45) is 0.602. The number of nitrogen functional groups attached to an aromatic ring is 1. The number of Topliss-reactive ketones (excluding diaryl/α,β-unsaturated/α-hetero) is 1. The maximum atomic E-state index is 12.8. The predicted octanol–water partition coefficient (Wildman–Crippen LogP) is 0.443. The number of aromatic amines is 1. The Morgan fingerprint density at radius 2 is 1.88 bits per heavy atom. The van der Waals surface area contributed by atoms with E-state index in [0.29, 0.717) is 43.4 Å². The zero-order valence-corrected chi connectivity index (χ0v) is 18.1. The van der Waals surface area contributed by atoms with Crippen LogP contribution in [-0.4, -0.2) is 59.0 Å². The van der Waals surface area contributed by atoms with Gasteiger partial charge in [0.1, 0.15) is 24.6 Å². The summed E-state index contributed by atoms with van der Waals surface area (Å²) in [4.78, 5) is 53.2. The number of ether oxygens (including phenoxy) is 2. The van der Waals surface area contributed by atoms with Gasteiger partial charge in [0.25, 0.3) is 5.56 Å². The summed E-state index contributed by atoms with van der Waals surface area (Å²) in [6, 6.07) is 5.08. The lowest BCUT2D eigenvalue weighted by molar-refractivity contribution is -0.117. The number of nitrogens with zero attached hydrogens (tertiary/aromatic N) is 2. The third-order valence-electron chi connectivity index (χ3n) is 4.97. The summed E-state index contributed by atoms with van der Waals surface area (Å²) in [7, 11) is 0. The van der Waals surface area contributed by atoms with Crippen LogP contribution in [-0.2, 0) is 11.3 Å². The Hall–Kier alpha value is -3.60. The second kappa shape index (κ2) is 10.1. The molecule has 0 fully saturated rings. The van der Waals surface area contributed by atoms with Gasteiger partial charge in [-0.05, 0) is 25.1 Å². The van der Waals surface area contributed by atoms with Crippen LogP contribution in [0.3, 0.4) is 0 Å². The van der Waals surface area contributed by atoms with Crippen LogP contribution in [0.1, 0.15) is 30.6 Å². The lowest BCUT2D eigenvalue weighted by Crippen LogP contribution is -2.41. The molecule has 1 amide bonds. The van der Waals surface area contributed by atoms with Crippen molar-refractivity contribution in [2.45, 2.75) is 26.8 Å². The fraction of sp³-hybridized carbons (Fsp3) is 0.429. The number of carbonyl (C=O) groups excluding carboxylic acids is 2. The molecular formula is C21H27N5O6. The summed E-state index contributed by atoms with van der Waals surface area (Å²) in [5.74, 6) is 0.0925. The van der Waals surface area contributed by atoms with Gasteiger partial charge in [-0.3, -0.25) is 28.8 Å². The van der Waals surface area contributed by atoms with E-state index in [0.717, 1.165) is 0 Å². The highest BCUT2D eigenvalue weighted by Gasteiger charge is 2.22. The number of likely N-dealkylation sites (N-methyl/N-ethyl adjacent to an activating group) is 1. The number of ketones is 1. The van der Waals surface area contributed by atoms with E-state index in [9.17, 15) is 19.2 Å². The van der Waals surface area contributed by atoms with Crippen LogP contribution in [0, 0.1) is 0 Å². The number of carbonyl (C=O) groups is 2. The maximum absolute atomic E-state index is 12.8. The molecule has 172 valence electrons. The molecule has 32 heavy (non-hydrogen) atoms. The van der Waals surface area contributed by atoms with Crippen molar-refractivity contribution < 1.29 is 19.1 Å². The molecule has 2 heterocycles. The van der Waals surface area contributed by atoms with Gasteiger partial charge >= 0.3 is 5.69 Å². The van der Waals surface area contributed by atoms with Gasteiger partial charge in [-0.15, -0.1) is 0 Å². The molecule has 0 radical (unpaired) electrons. The molecule has 0 aliphatic carbocycles. The molecule has 0 saturated heterocycles. The predicted molar refractivity (Wildman–Crippen MR) is 119 cm³/mol. The van der Waals surface area contributed by atoms with Gasteiger partial charge in [0.15, 0.2) is 17.3 Å². The number of hydrogen-bond donors (Lipinski definition) is 3. The van der Waals surface area contributed by atoms with Crippen molar-refractivity contribution in [2.75, 3.05) is 43.9 Å². The molecule has 11 nitrogen and oxygen atoms in total. The molecule has 1 aliphatic heterocycles. The first-order valence-electron chi connectivity index (χ1n) is 10.4. The molecule has 1 aromatic carbocycles. The van der Waals surface area contributed by atoms with Crippen LogP contribution >= 0.6 is 0 Å². The number of anilines is 2. The number of nitrogens with one attached hydrogen (secondary N) is 2. The fourth-order valence-electron chi connectivity index (χ4n) is 3.39. The second-order valence-corrected chi connectivity index (χ2v) is 7.30. The molecule has 0 spiro atoms. The molecule has 3 rings (SSSR count). The Bertz CT molecular complexity index is 1120. The fourth-order valence-corrected chi connectivity index (χ4v) is 3.39. The van der Waals surface area contributed by atoms with E-state index in [1.807, 2.05) is 6.92 Å². The minimum atomic E-state index is -0.832. The highest BCUT2D eigenvalue weighted by atomic mass is 16.6. The molecule has 1 aliphatic rings. The van der Waals surface area contributed by atoms with Crippen LogP contribution in [0.25, 0.3) is 0 Å². The van der Waals surface area contributed by atoms with E-state index < -0.39 is 17.0 Å². The number of rotatable bonds is 9. The Morgan fingerprint density at radius 3 is 2.56 bits per heavy atom. The van der Waals surface area contributed by atoms with E-state index in [1.54, 1.807) is 30.0 Å². The molecule has 0 bridgehead atoms. The quantitative estimate of drug-likeness (QED) is 0.471. The minimum Gasteiger partial charge on any atom is -0.486 e. The van der Waals surface area contributed by atoms with Gasteiger partial charge in [0, 0.05) is 18.3 Å². The lowest BCUT2D eigenvalue weighted by Gasteiger charge is -2.21. The summed E-state index contributed by atoms with van der Waals surface area (Å²) >= 11 is 0. The summed E-state index contributed by atoms with van der Waals surface area (Å²) < 4.78 is 12.1. The molecule has 0 saturated carbocycles. The first-order chi connectivity index (χ1) is 15.3. The first kappa shape index (κ1) is 23.1. The van der Waals surface area contributed by atoms with Crippen LogP contribution in [0.4, 0.5) is 11.5 Å². The van der Waals surface area contributed by atoms with Crippen LogP contribution in [0.5, 0.6) is 11.5 Å². The largest absolute Gasteiger partial charge is 0.486 e. The number of aromatic nitrogens is 2. The van der Waals surface area contributed by atoms with Crippen molar-refractivity contribution in [3.8, 4) is 11.5 Å². The highest BCUT2D eigenvalue weighted by molar-refractivity contribution is 6.01. The molecule has 11 heteroatoms. The van der Waals surface area contributed by atoms with Crippen molar-refractivity contribution in [3.63, 3.8) is 0 Å². The van der Waals surface area contributed by atoms with Gasteiger partial charge in [-0.25, -0.2) is 4.79 Å². The number of amides is 1. The van der Waals surface area contributed by atoms with E-state index in [1.165, 1.54) is 4.57 Å². The molecule has 0 unspecified atom stereocenters. The molecular weight excluding hydrogens is 418 g/mol. The molecule has 2 aromatic rings. The van der Waals surface area contributed by atoms with Crippen LogP contribution in [0.2, 0.25) is 0 Å². The van der Waals surface area contributed by atoms with E-state index >= 15 is 0 Å². The monoisotopic (exact) mass is 445 g/mol. The van der Waals surface area contributed by atoms with Gasteiger partial charge in [0.05, 0.1) is 13.1 Å². The zero-order valence-electron chi connectivity index (χ0n) is 18.1. The van der Waals surface area contributed by atoms with Gasteiger partial charge in [-0.1, -0.05) is 13.8 Å². The van der Waals surface area contributed by atoms with Crippen molar-refractivity contribution in [3.05, 3.63) is 44.6 Å². The van der Waals surface area contributed by atoms with Gasteiger partial charge in [-0.2, -0.15) is 0 Å².